The van der Waals surface area contributed by atoms with E-state index in [-0.39, 0.29) is 4.65 Å². The fourth-order valence-corrected chi connectivity index (χ4v) is 2.33. The predicted molar refractivity (Wildman–Crippen MR) is 71.0 cm³/mol. The van der Waals surface area contributed by atoms with Gasteiger partial charge < -0.3 is 15.2 Å². The monoisotopic (exact) mass is 226 g/mol. The van der Waals surface area contributed by atoms with Crippen LogP contribution in [0.15, 0.2) is 48.5 Å². The van der Waals surface area contributed by atoms with Gasteiger partial charge in [-0.2, -0.15) is 0 Å². The highest BCUT2D eigenvalue weighted by atomic mass is 16.5. The summed E-state index contributed by atoms with van der Waals surface area (Å²) in [7, 11) is 1.70. The van der Waals surface area contributed by atoms with E-state index in [2.05, 4.69) is 5.32 Å². The van der Waals surface area contributed by atoms with Crippen LogP contribution < -0.4 is 9.96 Å². The molecule has 86 valence electrons. The van der Waals surface area contributed by atoms with Gasteiger partial charge in [-0.1, -0.05) is 30.3 Å². The number of rotatable bonds is 0. The summed E-state index contributed by atoms with van der Waals surface area (Å²) in [5.41, 5.74) is 3.76. The lowest BCUT2D eigenvalue weighted by Crippen LogP contribution is -2.36. The summed E-state index contributed by atoms with van der Waals surface area (Å²) in [6.07, 6.45) is 0. The van der Waals surface area contributed by atoms with Gasteiger partial charge in [0.1, 0.15) is 12.2 Å². The van der Waals surface area contributed by atoms with Gasteiger partial charge in [-0.05, 0) is 12.1 Å². The fourth-order valence-electron chi connectivity index (χ4n) is 2.33. The molecular formula is C14H14N2O. The Kier molecular flexibility index (Phi) is 2.18. The van der Waals surface area contributed by atoms with Gasteiger partial charge in [-0.3, -0.25) is 0 Å². The smallest absolute Gasteiger partial charge is 0.156 e. The second kappa shape index (κ2) is 3.58. The second-order valence-corrected chi connectivity index (χ2v) is 4.56. The molecule has 0 amide bonds. The van der Waals surface area contributed by atoms with Gasteiger partial charge in [0.2, 0.25) is 0 Å². The molecule has 3 heteroatoms. The Morgan fingerprint density at radius 3 is 2.47 bits per heavy atom. The third-order valence-corrected chi connectivity index (χ3v) is 3.17. The highest BCUT2D eigenvalue weighted by molar-refractivity contribution is 5.77. The van der Waals surface area contributed by atoms with Crippen LogP contribution in [-0.4, -0.2) is 7.05 Å². The molecular weight excluding hydrogens is 212 g/mol. The zero-order chi connectivity index (χ0) is 11.9. The summed E-state index contributed by atoms with van der Waals surface area (Å²) in [6.45, 7) is 0.459. The number of quaternary nitrogens is 1. The fraction of sp³-hybridized carbons (Fsp3) is 0.143. The number of hydroxylamine groups is 2. The maximum atomic E-state index is 12.6. The van der Waals surface area contributed by atoms with Crippen LogP contribution in [0.25, 0.3) is 0 Å². The summed E-state index contributed by atoms with van der Waals surface area (Å²) in [5.74, 6) is 0. The molecule has 3 rings (SSSR count). The molecule has 0 saturated heterocycles. The Hall–Kier alpha value is -1.84. The lowest BCUT2D eigenvalue weighted by molar-refractivity contribution is 0.444. The van der Waals surface area contributed by atoms with Crippen LogP contribution in [-0.2, 0) is 6.54 Å². The third kappa shape index (κ3) is 1.69. The highest BCUT2D eigenvalue weighted by Crippen LogP contribution is 2.38. The van der Waals surface area contributed by atoms with Gasteiger partial charge in [-0.25, -0.2) is 0 Å². The van der Waals surface area contributed by atoms with Gasteiger partial charge in [0, 0.05) is 17.3 Å². The minimum absolute atomic E-state index is 0.375. The van der Waals surface area contributed by atoms with E-state index in [1.54, 1.807) is 7.05 Å². The number of hydrogen-bond donors (Lipinski definition) is 1. The second-order valence-electron chi connectivity index (χ2n) is 4.56. The van der Waals surface area contributed by atoms with Crippen LogP contribution in [0.5, 0.6) is 0 Å². The van der Waals surface area contributed by atoms with Crippen molar-refractivity contribution in [1.82, 2.24) is 4.65 Å². The quantitative estimate of drug-likeness (QED) is 0.552. The van der Waals surface area contributed by atoms with Crippen molar-refractivity contribution in [2.45, 2.75) is 6.54 Å². The van der Waals surface area contributed by atoms with Gasteiger partial charge in [0.05, 0.1) is 7.05 Å². The number of benzene rings is 2. The average Bonchev–Trinajstić information content (AvgIpc) is 2.42. The number of anilines is 2. The Morgan fingerprint density at radius 2 is 1.65 bits per heavy atom. The van der Waals surface area contributed by atoms with E-state index in [4.69, 9.17) is 0 Å². The lowest BCUT2D eigenvalue weighted by Gasteiger charge is -2.37. The van der Waals surface area contributed by atoms with Crippen LogP contribution in [0.3, 0.4) is 0 Å². The number of nitrogens with zero attached hydrogens (tertiary/aromatic N) is 1. The minimum Gasteiger partial charge on any atom is -0.627 e. The van der Waals surface area contributed by atoms with Crippen molar-refractivity contribution in [3.8, 4) is 0 Å². The largest absolute Gasteiger partial charge is 0.627 e. The average molecular weight is 226 g/mol. The molecule has 0 aliphatic carbocycles. The van der Waals surface area contributed by atoms with Gasteiger partial charge in [0.25, 0.3) is 0 Å². The first kappa shape index (κ1) is 10.3. The van der Waals surface area contributed by atoms with Crippen molar-refractivity contribution in [2.24, 2.45) is 0 Å². The SMILES string of the molecule is C[N+]1([O-])Cc2ccccc2Nc2ccccc21. The van der Waals surface area contributed by atoms with Crippen LogP contribution in [0, 0.1) is 5.21 Å². The summed E-state index contributed by atoms with van der Waals surface area (Å²) in [6, 6.07) is 15.7. The van der Waals surface area contributed by atoms with Crippen molar-refractivity contribution in [3.05, 3.63) is 59.3 Å². The Labute approximate surface area is 100 Å². The lowest BCUT2D eigenvalue weighted by atomic mass is 10.2. The summed E-state index contributed by atoms with van der Waals surface area (Å²) in [5, 5.41) is 16.0. The zero-order valence-electron chi connectivity index (χ0n) is 9.68. The molecule has 2 aromatic rings. The van der Waals surface area contributed by atoms with E-state index in [0.717, 1.165) is 22.6 Å². The Bertz CT molecular complexity index is 564. The molecule has 17 heavy (non-hydrogen) atoms. The molecule has 1 unspecified atom stereocenters. The van der Waals surface area contributed by atoms with Crippen LogP contribution in [0.2, 0.25) is 0 Å². The summed E-state index contributed by atoms with van der Waals surface area (Å²) >= 11 is 0. The van der Waals surface area contributed by atoms with E-state index >= 15 is 0 Å². The molecule has 0 bridgehead atoms. The topological polar surface area (TPSA) is 35.1 Å². The van der Waals surface area contributed by atoms with E-state index < -0.39 is 0 Å². The molecule has 0 spiro atoms. The van der Waals surface area contributed by atoms with Crippen molar-refractivity contribution < 1.29 is 0 Å². The van der Waals surface area contributed by atoms with E-state index in [9.17, 15) is 5.21 Å². The maximum Gasteiger partial charge on any atom is 0.156 e. The van der Waals surface area contributed by atoms with E-state index in [1.165, 1.54) is 0 Å². The molecule has 0 aromatic heterocycles. The van der Waals surface area contributed by atoms with Crippen molar-refractivity contribution in [3.63, 3.8) is 0 Å². The highest BCUT2D eigenvalue weighted by Gasteiger charge is 2.24. The predicted octanol–water partition coefficient (Wildman–Crippen LogP) is 3.38. The van der Waals surface area contributed by atoms with Gasteiger partial charge in [0.15, 0.2) is 5.69 Å². The Morgan fingerprint density at radius 1 is 1.00 bits per heavy atom. The molecule has 0 radical (unpaired) electrons. The minimum atomic E-state index is -0.375. The van der Waals surface area contributed by atoms with Gasteiger partial charge in [-0.15, -0.1) is 0 Å². The normalized spacial score (nSPS) is 22.0. The molecule has 1 aliphatic rings. The van der Waals surface area contributed by atoms with Crippen molar-refractivity contribution in [2.75, 3.05) is 12.4 Å². The molecule has 1 N–H and O–H groups in total. The Balaban J connectivity index is 2.21. The molecule has 1 heterocycles. The number of hydrogen-bond acceptors (Lipinski definition) is 2. The van der Waals surface area contributed by atoms with E-state index in [0.29, 0.717) is 6.54 Å². The molecule has 1 atom stereocenters. The summed E-state index contributed by atoms with van der Waals surface area (Å²) < 4.78 is -0.375. The van der Waals surface area contributed by atoms with Crippen molar-refractivity contribution in [1.29, 1.82) is 0 Å². The molecule has 0 fully saturated rings. The third-order valence-electron chi connectivity index (χ3n) is 3.17. The van der Waals surface area contributed by atoms with Crippen LogP contribution in [0.4, 0.5) is 17.1 Å². The first-order valence-electron chi connectivity index (χ1n) is 5.68. The standard InChI is InChI=1S/C14H14N2O/c1-16(17)10-11-6-2-3-7-12(11)15-13-8-4-5-9-14(13)16/h2-9,15H,10H2,1H3. The number of nitrogens with one attached hydrogen (secondary N) is 1. The van der Waals surface area contributed by atoms with Gasteiger partial charge >= 0.3 is 0 Å². The van der Waals surface area contributed by atoms with Crippen LogP contribution >= 0.6 is 0 Å². The van der Waals surface area contributed by atoms with Crippen LogP contribution in [0.1, 0.15) is 5.56 Å². The number of para-hydroxylation sites is 3. The first-order chi connectivity index (χ1) is 8.17. The maximum absolute atomic E-state index is 12.6. The number of fused-ring (bicyclic) bond motifs is 2. The summed E-state index contributed by atoms with van der Waals surface area (Å²) in [4.78, 5) is 0. The first-order valence-corrected chi connectivity index (χ1v) is 5.68. The van der Waals surface area contributed by atoms with E-state index in [1.807, 2.05) is 48.5 Å². The molecule has 3 nitrogen and oxygen atoms in total. The zero-order valence-corrected chi connectivity index (χ0v) is 9.68. The molecule has 0 saturated carbocycles. The van der Waals surface area contributed by atoms with Crippen molar-refractivity contribution >= 4 is 17.1 Å². The molecule has 1 aliphatic heterocycles. The molecule has 2 aromatic carbocycles.